The molecule has 3 N–H and O–H groups in total. The Morgan fingerprint density at radius 2 is 2.29 bits per heavy atom. The fourth-order valence-electron chi connectivity index (χ4n) is 1.04. The van der Waals surface area contributed by atoms with E-state index in [0.29, 0.717) is 0 Å². The Labute approximate surface area is 97.4 Å². The van der Waals surface area contributed by atoms with Gasteiger partial charge >= 0.3 is 5.69 Å². The monoisotopic (exact) mass is 258 g/mol. The third-order valence-corrected chi connectivity index (χ3v) is 3.22. The standard InChI is InChI=1S/C8H10N4O4S/c1-2-3-11-17(15,16)7-4-8(9)10-5-6(7)12(13)14/h2,4-5,11H,1,3H2,(H2,9,10). The Balaban J connectivity index is 3.33. The van der Waals surface area contributed by atoms with Gasteiger partial charge in [-0.1, -0.05) is 6.08 Å². The van der Waals surface area contributed by atoms with Crippen LogP contribution in [0.4, 0.5) is 11.5 Å². The third kappa shape index (κ3) is 2.98. The Hall–Kier alpha value is -2.00. The first-order valence-corrected chi connectivity index (χ1v) is 5.87. The number of nitrogen functional groups attached to an aromatic ring is 1. The van der Waals surface area contributed by atoms with E-state index in [1.807, 2.05) is 0 Å². The van der Waals surface area contributed by atoms with Gasteiger partial charge in [-0.2, -0.15) is 0 Å². The van der Waals surface area contributed by atoms with E-state index in [4.69, 9.17) is 5.73 Å². The molecule has 0 unspecified atom stereocenters. The van der Waals surface area contributed by atoms with Gasteiger partial charge < -0.3 is 5.73 Å². The predicted molar refractivity (Wildman–Crippen MR) is 60.7 cm³/mol. The predicted octanol–water partition coefficient (Wildman–Crippen LogP) is 0.0363. The molecule has 0 atom stereocenters. The van der Waals surface area contributed by atoms with Crippen LogP contribution in [0.3, 0.4) is 0 Å². The zero-order valence-electron chi connectivity index (χ0n) is 8.66. The van der Waals surface area contributed by atoms with Gasteiger partial charge in [0.25, 0.3) is 0 Å². The number of nitrogens with zero attached hydrogens (tertiary/aromatic N) is 2. The van der Waals surface area contributed by atoms with Gasteiger partial charge in [-0.3, -0.25) is 10.1 Å². The molecule has 0 radical (unpaired) electrons. The second-order valence-corrected chi connectivity index (χ2v) is 4.71. The minimum absolute atomic E-state index is 0.0400. The highest BCUT2D eigenvalue weighted by Crippen LogP contribution is 2.23. The van der Waals surface area contributed by atoms with Gasteiger partial charge in [0.2, 0.25) is 10.0 Å². The molecular formula is C8H10N4O4S. The molecule has 1 heterocycles. The number of nitrogens with two attached hydrogens (primary N) is 1. The highest BCUT2D eigenvalue weighted by Gasteiger charge is 2.26. The molecule has 0 fully saturated rings. The maximum absolute atomic E-state index is 11.7. The number of pyridine rings is 1. The summed E-state index contributed by atoms with van der Waals surface area (Å²) < 4.78 is 25.6. The van der Waals surface area contributed by atoms with Gasteiger partial charge in [0.05, 0.1) is 4.92 Å². The van der Waals surface area contributed by atoms with Crippen molar-refractivity contribution in [1.29, 1.82) is 0 Å². The number of hydrogen-bond acceptors (Lipinski definition) is 6. The maximum Gasteiger partial charge on any atom is 0.307 e. The van der Waals surface area contributed by atoms with Crippen LogP contribution in [-0.2, 0) is 10.0 Å². The summed E-state index contributed by atoms with van der Waals surface area (Å²) in [6.07, 6.45) is 2.12. The molecule has 0 saturated heterocycles. The van der Waals surface area contributed by atoms with Crippen molar-refractivity contribution in [1.82, 2.24) is 9.71 Å². The van der Waals surface area contributed by atoms with E-state index in [-0.39, 0.29) is 12.4 Å². The van der Waals surface area contributed by atoms with Crippen molar-refractivity contribution in [2.24, 2.45) is 0 Å². The summed E-state index contributed by atoms with van der Waals surface area (Å²) in [7, 11) is -4.00. The second kappa shape index (κ2) is 4.89. The van der Waals surface area contributed by atoms with Crippen LogP contribution in [0, 0.1) is 10.1 Å². The molecule has 0 aromatic carbocycles. The first-order chi connectivity index (χ1) is 7.88. The summed E-state index contributed by atoms with van der Waals surface area (Å²) in [5, 5.41) is 10.7. The van der Waals surface area contributed by atoms with Crippen molar-refractivity contribution in [3.05, 3.63) is 35.0 Å². The van der Waals surface area contributed by atoms with Crippen molar-refractivity contribution >= 4 is 21.5 Å². The fourth-order valence-corrected chi connectivity index (χ4v) is 2.21. The van der Waals surface area contributed by atoms with Crippen molar-refractivity contribution in [2.75, 3.05) is 12.3 Å². The molecule has 0 aliphatic rings. The molecule has 0 spiro atoms. The number of anilines is 1. The molecule has 0 bridgehead atoms. The lowest BCUT2D eigenvalue weighted by molar-refractivity contribution is -0.388. The lowest BCUT2D eigenvalue weighted by atomic mass is 10.4. The van der Waals surface area contributed by atoms with Crippen LogP contribution in [-0.4, -0.2) is 24.9 Å². The molecular weight excluding hydrogens is 248 g/mol. The van der Waals surface area contributed by atoms with Crippen molar-refractivity contribution in [2.45, 2.75) is 4.90 Å². The number of rotatable bonds is 5. The van der Waals surface area contributed by atoms with Gasteiger partial charge in [0.1, 0.15) is 12.0 Å². The third-order valence-electron chi connectivity index (χ3n) is 1.77. The van der Waals surface area contributed by atoms with E-state index in [9.17, 15) is 18.5 Å². The summed E-state index contributed by atoms with van der Waals surface area (Å²) in [6, 6.07) is 0.934. The average molecular weight is 258 g/mol. The normalized spacial score (nSPS) is 11.1. The highest BCUT2D eigenvalue weighted by atomic mass is 32.2. The van der Waals surface area contributed by atoms with Crippen LogP contribution in [0.2, 0.25) is 0 Å². The Kier molecular flexibility index (Phi) is 3.76. The molecule has 1 rings (SSSR count). The number of sulfonamides is 1. The molecule has 1 aromatic heterocycles. The first kappa shape index (κ1) is 13.1. The maximum atomic E-state index is 11.7. The molecule has 9 heteroatoms. The lowest BCUT2D eigenvalue weighted by Gasteiger charge is -2.05. The SMILES string of the molecule is C=CCNS(=O)(=O)c1cc(N)ncc1[N+](=O)[O-]. The molecule has 17 heavy (non-hydrogen) atoms. The summed E-state index contributed by atoms with van der Waals surface area (Å²) >= 11 is 0. The minimum Gasteiger partial charge on any atom is -0.384 e. The van der Waals surface area contributed by atoms with Crippen molar-refractivity contribution in [3.8, 4) is 0 Å². The van der Waals surface area contributed by atoms with Crippen molar-refractivity contribution in [3.63, 3.8) is 0 Å². The van der Waals surface area contributed by atoms with Crippen LogP contribution in [0.15, 0.2) is 29.8 Å². The Bertz CT molecular complexity index is 555. The Morgan fingerprint density at radius 3 is 2.82 bits per heavy atom. The zero-order chi connectivity index (χ0) is 13.1. The van der Waals surface area contributed by atoms with Gasteiger partial charge in [0, 0.05) is 12.6 Å². The molecule has 0 saturated carbocycles. The zero-order valence-corrected chi connectivity index (χ0v) is 9.48. The topological polar surface area (TPSA) is 128 Å². The quantitative estimate of drug-likeness (QED) is 0.435. The number of hydrogen-bond donors (Lipinski definition) is 2. The van der Waals surface area contributed by atoms with Crippen LogP contribution in [0.1, 0.15) is 0 Å². The number of nitro groups is 1. The fraction of sp³-hybridized carbons (Fsp3) is 0.125. The molecule has 8 nitrogen and oxygen atoms in total. The molecule has 1 aromatic rings. The molecule has 0 aliphatic heterocycles. The van der Waals surface area contributed by atoms with E-state index in [1.54, 1.807) is 0 Å². The van der Waals surface area contributed by atoms with E-state index in [0.717, 1.165) is 12.3 Å². The van der Waals surface area contributed by atoms with Gasteiger partial charge in [-0.05, 0) is 0 Å². The first-order valence-electron chi connectivity index (χ1n) is 4.39. The Morgan fingerprint density at radius 1 is 1.65 bits per heavy atom. The molecule has 92 valence electrons. The summed E-state index contributed by atoms with van der Waals surface area (Å²) in [5.74, 6) is -0.116. The summed E-state index contributed by atoms with van der Waals surface area (Å²) in [6.45, 7) is 3.29. The molecule has 0 aliphatic carbocycles. The van der Waals surface area contributed by atoms with Crippen LogP contribution >= 0.6 is 0 Å². The number of nitrogens with one attached hydrogen (secondary N) is 1. The van der Waals surface area contributed by atoms with Crippen molar-refractivity contribution < 1.29 is 13.3 Å². The van der Waals surface area contributed by atoms with Crippen LogP contribution in [0.5, 0.6) is 0 Å². The van der Waals surface area contributed by atoms with Crippen LogP contribution < -0.4 is 10.5 Å². The average Bonchev–Trinajstić information content (AvgIpc) is 2.26. The van der Waals surface area contributed by atoms with E-state index in [2.05, 4.69) is 16.3 Å². The minimum atomic E-state index is -4.00. The van der Waals surface area contributed by atoms with E-state index >= 15 is 0 Å². The van der Waals surface area contributed by atoms with E-state index < -0.39 is 25.5 Å². The van der Waals surface area contributed by atoms with Gasteiger partial charge in [0.15, 0.2) is 4.90 Å². The molecule has 0 amide bonds. The summed E-state index contributed by atoms with van der Waals surface area (Å²) in [4.78, 5) is 12.8. The summed E-state index contributed by atoms with van der Waals surface area (Å²) in [5.41, 5.74) is 4.68. The lowest BCUT2D eigenvalue weighted by Crippen LogP contribution is -2.24. The number of aromatic nitrogens is 1. The van der Waals surface area contributed by atoms with Gasteiger partial charge in [-0.25, -0.2) is 18.1 Å². The largest absolute Gasteiger partial charge is 0.384 e. The second-order valence-electron chi connectivity index (χ2n) is 2.97. The van der Waals surface area contributed by atoms with Gasteiger partial charge in [-0.15, -0.1) is 6.58 Å². The smallest absolute Gasteiger partial charge is 0.307 e. The highest BCUT2D eigenvalue weighted by molar-refractivity contribution is 7.89. The van der Waals surface area contributed by atoms with E-state index in [1.165, 1.54) is 6.08 Å². The van der Waals surface area contributed by atoms with Crippen LogP contribution in [0.25, 0.3) is 0 Å².